The highest BCUT2D eigenvalue weighted by Crippen LogP contribution is 2.25. The van der Waals surface area contributed by atoms with Crippen molar-refractivity contribution in [2.45, 2.75) is 26.8 Å². The molecule has 7 heteroatoms. The van der Waals surface area contributed by atoms with Crippen molar-refractivity contribution in [1.82, 2.24) is 15.1 Å². The standard InChI is InChI=1S/C15H16BrCl2N3O/c1-9-13(16)10(2)21(20-9)8-4-7-19-15(22)11-5-3-6-12(17)14(11)18/h3,5-6H,4,7-8H2,1-2H3,(H,19,22). The van der Waals surface area contributed by atoms with Crippen LogP contribution in [0.2, 0.25) is 10.0 Å². The summed E-state index contributed by atoms with van der Waals surface area (Å²) < 4.78 is 2.96. The first-order chi connectivity index (χ1) is 10.4. The molecule has 1 N–H and O–H groups in total. The van der Waals surface area contributed by atoms with Gasteiger partial charge in [-0.1, -0.05) is 29.3 Å². The van der Waals surface area contributed by atoms with E-state index in [2.05, 4.69) is 26.3 Å². The molecule has 1 aromatic carbocycles. The Labute approximate surface area is 147 Å². The van der Waals surface area contributed by atoms with Crippen LogP contribution >= 0.6 is 39.1 Å². The molecule has 1 amide bonds. The highest BCUT2D eigenvalue weighted by Gasteiger charge is 2.12. The number of benzene rings is 1. The maximum atomic E-state index is 12.1. The molecular weight excluding hydrogens is 389 g/mol. The van der Waals surface area contributed by atoms with Crippen LogP contribution in [0, 0.1) is 13.8 Å². The normalized spacial score (nSPS) is 10.8. The Hall–Kier alpha value is -1.04. The van der Waals surface area contributed by atoms with Gasteiger partial charge >= 0.3 is 0 Å². The van der Waals surface area contributed by atoms with Crippen LogP contribution in [-0.4, -0.2) is 22.2 Å². The summed E-state index contributed by atoms with van der Waals surface area (Å²) in [6.07, 6.45) is 0.776. The smallest absolute Gasteiger partial charge is 0.252 e. The fourth-order valence-electron chi connectivity index (χ4n) is 2.10. The van der Waals surface area contributed by atoms with E-state index in [4.69, 9.17) is 23.2 Å². The van der Waals surface area contributed by atoms with Gasteiger partial charge in [0.15, 0.2) is 0 Å². The second-order valence-corrected chi connectivity index (χ2v) is 6.50. The molecule has 0 aliphatic heterocycles. The number of hydrogen-bond donors (Lipinski definition) is 1. The van der Waals surface area contributed by atoms with Crippen LogP contribution in [0.25, 0.3) is 0 Å². The van der Waals surface area contributed by atoms with Gasteiger partial charge in [0.1, 0.15) is 0 Å². The molecule has 0 radical (unpaired) electrons. The fourth-order valence-corrected chi connectivity index (χ4v) is 2.77. The second kappa shape index (κ2) is 7.49. The molecule has 0 atom stereocenters. The van der Waals surface area contributed by atoms with Gasteiger partial charge in [-0.3, -0.25) is 9.48 Å². The Bertz CT molecular complexity index is 700. The van der Waals surface area contributed by atoms with Gasteiger partial charge in [0, 0.05) is 18.8 Å². The average molecular weight is 405 g/mol. The lowest BCUT2D eigenvalue weighted by atomic mass is 10.2. The van der Waals surface area contributed by atoms with Gasteiger partial charge in [-0.05, 0) is 48.3 Å². The molecule has 0 saturated carbocycles. The summed E-state index contributed by atoms with van der Waals surface area (Å²) in [7, 11) is 0. The first-order valence-corrected chi connectivity index (χ1v) is 8.38. The van der Waals surface area contributed by atoms with E-state index in [1.807, 2.05) is 18.5 Å². The van der Waals surface area contributed by atoms with Crippen molar-refractivity contribution in [3.63, 3.8) is 0 Å². The lowest BCUT2D eigenvalue weighted by Gasteiger charge is -2.08. The van der Waals surface area contributed by atoms with Gasteiger partial charge in [-0.25, -0.2) is 0 Å². The molecule has 2 rings (SSSR count). The van der Waals surface area contributed by atoms with Crippen molar-refractivity contribution in [3.8, 4) is 0 Å². The number of aromatic nitrogens is 2. The van der Waals surface area contributed by atoms with E-state index in [0.29, 0.717) is 17.1 Å². The zero-order chi connectivity index (χ0) is 16.3. The quantitative estimate of drug-likeness (QED) is 0.751. The highest BCUT2D eigenvalue weighted by atomic mass is 79.9. The summed E-state index contributed by atoms with van der Waals surface area (Å²) in [5.41, 5.74) is 2.44. The Morgan fingerprint density at radius 1 is 1.36 bits per heavy atom. The van der Waals surface area contributed by atoms with Crippen molar-refractivity contribution < 1.29 is 4.79 Å². The van der Waals surface area contributed by atoms with E-state index in [-0.39, 0.29) is 10.9 Å². The van der Waals surface area contributed by atoms with Crippen LogP contribution < -0.4 is 5.32 Å². The Morgan fingerprint density at radius 2 is 2.09 bits per heavy atom. The molecule has 0 fully saturated rings. The number of carbonyl (C=O) groups excluding carboxylic acids is 1. The maximum absolute atomic E-state index is 12.1. The molecule has 4 nitrogen and oxygen atoms in total. The molecule has 118 valence electrons. The zero-order valence-corrected chi connectivity index (χ0v) is 15.4. The summed E-state index contributed by atoms with van der Waals surface area (Å²) in [6.45, 7) is 5.24. The van der Waals surface area contributed by atoms with E-state index in [1.54, 1.807) is 18.2 Å². The number of halogens is 3. The summed E-state index contributed by atoms with van der Waals surface area (Å²) in [6, 6.07) is 5.01. The molecule has 22 heavy (non-hydrogen) atoms. The van der Waals surface area contributed by atoms with Crippen LogP contribution in [-0.2, 0) is 6.54 Å². The van der Waals surface area contributed by atoms with Crippen molar-refractivity contribution in [2.75, 3.05) is 6.54 Å². The molecule has 0 saturated heterocycles. The van der Waals surface area contributed by atoms with Crippen LogP contribution in [0.1, 0.15) is 28.2 Å². The van der Waals surface area contributed by atoms with Gasteiger partial charge in [-0.2, -0.15) is 5.10 Å². The summed E-state index contributed by atoms with van der Waals surface area (Å²) in [5, 5.41) is 7.93. The van der Waals surface area contributed by atoms with Crippen molar-refractivity contribution in [1.29, 1.82) is 0 Å². The Kier molecular flexibility index (Phi) is 5.89. The molecule has 0 spiro atoms. The third-order valence-corrected chi connectivity index (χ3v) is 5.29. The van der Waals surface area contributed by atoms with E-state index >= 15 is 0 Å². The first kappa shape index (κ1) is 17.3. The van der Waals surface area contributed by atoms with Gasteiger partial charge < -0.3 is 5.32 Å². The van der Waals surface area contributed by atoms with E-state index in [9.17, 15) is 4.79 Å². The molecular formula is C15H16BrCl2N3O. The molecule has 2 aromatic rings. The molecule has 0 unspecified atom stereocenters. The maximum Gasteiger partial charge on any atom is 0.252 e. The van der Waals surface area contributed by atoms with Gasteiger partial charge in [0.05, 0.1) is 25.8 Å². The monoisotopic (exact) mass is 403 g/mol. The van der Waals surface area contributed by atoms with Gasteiger partial charge in [-0.15, -0.1) is 0 Å². The van der Waals surface area contributed by atoms with Crippen LogP contribution in [0.15, 0.2) is 22.7 Å². The van der Waals surface area contributed by atoms with Crippen molar-refractivity contribution >= 4 is 45.0 Å². The average Bonchev–Trinajstić information content (AvgIpc) is 2.73. The van der Waals surface area contributed by atoms with E-state index in [1.165, 1.54) is 0 Å². The number of aryl methyl sites for hydroxylation is 2. The Morgan fingerprint density at radius 3 is 2.73 bits per heavy atom. The number of nitrogens with one attached hydrogen (secondary N) is 1. The number of rotatable bonds is 5. The van der Waals surface area contributed by atoms with Gasteiger partial charge in [0.2, 0.25) is 0 Å². The molecule has 0 bridgehead atoms. The van der Waals surface area contributed by atoms with E-state index in [0.717, 1.165) is 28.8 Å². The lowest BCUT2D eigenvalue weighted by Crippen LogP contribution is -2.25. The van der Waals surface area contributed by atoms with Crippen molar-refractivity contribution in [3.05, 3.63) is 49.7 Å². The Balaban J connectivity index is 1.87. The number of hydrogen-bond acceptors (Lipinski definition) is 2. The minimum atomic E-state index is -0.220. The topological polar surface area (TPSA) is 46.9 Å². The van der Waals surface area contributed by atoms with Crippen LogP contribution in [0.4, 0.5) is 0 Å². The lowest BCUT2D eigenvalue weighted by molar-refractivity contribution is 0.0952. The van der Waals surface area contributed by atoms with E-state index < -0.39 is 0 Å². The summed E-state index contributed by atoms with van der Waals surface area (Å²) in [5.74, 6) is -0.220. The molecule has 1 heterocycles. The highest BCUT2D eigenvalue weighted by molar-refractivity contribution is 9.10. The predicted molar refractivity (Wildman–Crippen MR) is 92.8 cm³/mol. The zero-order valence-electron chi connectivity index (χ0n) is 12.3. The third kappa shape index (κ3) is 3.83. The first-order valence-electron chi connectivity index (χ1n) is 6.83. The molecule has 0 aliphatic carbocycles. The number of amides is 1. The third-order valence-electron chi connectivity index (χ3n) is 3.32. The fraction of sp³-hybridized carbons (Fsp3) is 0.333. The molecule has 0 aliphatic rings. The minimum Gasteiger partial charge on any atom is -0.352 e. The summed E-state index contributed by atoms with van der Waals surface area (Å²) in [4.78, 5) is 12.1. The van der Waals surface area contributed by atoms with Gasteiger partial charge in [0.25, 0.3) is 5.91 Å². The second-order valence-electron chi connectivity index (χ2n) is 4.92. The SMILES string of the molecule is Cc1nn(CCCNC(=O)c2cccc(Cl)c2Cl)c(C)c1Br. The minimum absolute atomic E-state index is 0.220. The molecule has 1 aromatic heterocycles. The number of carbonyl (C=O) groups is 1. The number of nitrogens with zero attached hydrogens (tertiary/aromatic N) is 2. The van der Waals surface area contributed by atoms with Crippen LogP contribution in [0.3, 0.4) is 0 Å². The predicted octanol–water partition coefficient (Wildman–Crippen LogP) is 4.39. The van der Waals surface area contributed by atoms with Crippen molar-refractivity contribution in [2.24, 2.45) is 0 Å². The largest absolute Gasteiger partial charge is 0.352 e. The van der Waals surface area contributed by atoms with Crippen LogP contribution in [0.5, 0.6) is 0 Å². The summed E-state index contributed by atoms with van der Waals surface area (Å²) >= 11 is 15.4.